The molecular weight excluding hydrogens is 326 g/mol. The molecule has 0 aromatic heterocycles. The fraction of sp³-hybridized carbons (Fsp3) is 0.591. The number of aliphatic hydroxyl groups is 1. The van der Waals surface area contributed by atoms with E-state index in [2.05, 4.69) is 32.1 Å². The van der Waals surface area contributed by atoms with Crippen LogP contribution in [0.3, 0.4) is 0 Å². The number of nitrogens with zero attached hydrogens (tertiary/aromatic N) is 1. The van der Waals surface area contributed by atoms with Crippen molar-refractivity contribution in [2.75, 3.05) is 13.2 Å². The molecule has 1 spiro atoms. The molecule has 4 atom stereocenters. The molecule has 3 heterocycles. The van der Waals surface area contributed by atoms with Crippen molar-refractivity contribution >= 4 is 5.91 Å². The van der Waals surface area contributed by atoms with Crippen molar-refractivity contribution in [2.45, 2.75) is 57.8 Å². The summed E-state index contributed by atoms with van der Waals surface area (Å²) >= 11 is 0. The van der Waals surface area contributed by atoms with Crippen LogP contribution in [-0.4, -0.2) is 40.8 Å². The van der Waals surface area contributed by atoms with Crippen molar-refractivity contribution < 1.29 is 14.6 Å². The Morgan fingerprint density at radius 1 is 1.35 bits per heavy atom. The summed E-state index contributed by atoms with van der Waals surface area (Å²) < 4.78 is 6.44. The Morgan fingerprint density at radius 3 is 2.81 bits per heavy atom. The monoisotopic (exact) mass is 355 g/mol. The Hall–Kier alpha value is -1.65. The molecule has 4 heteroatoms. The van der Waals surface area contributed by atoms with Gasteiger partial charge in [-0.2, -0.15) is 0 Å². The summed E-state index contributed by atoms with van der Waals surface area (Å²) in [7, 11) is 0. The first-order chi connectivity index (χ1) is 12.5. The van der Waals surface area contributed by atoms with Gasteiger partial charge in [-0.25, -0.2) is 0 Å². The molecule has 3 aliphatic rings. The minimum Gasteiger partial charge on any atom is -0.396 e. The summed E-state index contributed by atoms with van der Waals surface area (Å²) in [4.78, 5) is 15.3. The van der Waals surface area contributed by atoms with Crippen LogP contribution in [-0.2, 0) is 16.1 Å². The molecule has 4 nitrogen and oxygen atoms in total. The maximum Gasteiger partial charge on any atom is 0.229 e. The maximum absolute atomic E-state index is 13.4. The minimum absolute atomic E-state index is 0.0193. The average Bonchev–Trinajstić information content (AvgIpc) is 3.24. The van der Waals surface area contributed by atoms with Gasteiger partial charge in [0.2, 0.25) is 5.91 Å². The highest BCUT2D eigenvalue weighted by Crippen LogP contribution is 2.63. The summed E-state index contributed by atoms with van der Waals surface area (Å²) in [6, 6.07) is 10.1. The van der Waals surface area contributed by atoms with E-state index in [1.165, 1.54) is 5.57 Å². The van der Waals surface area contributed by atoms with Gasteiger partial charge < -0.3 is 14.7 Å². The standard InChI is InChI=1S/C22H29NO3/c1-16(2)7-6-11-21(15-24)18-10-12-22(26-18)14-23(20(25)19(21)22)13-17-8-4-3-5-9-17/h3-5,7-9,18-19,24H,6,10-15H2,1-2H3/t18-,19-,21-,22-/m0/s1. The van der Waals surface area contributed by atoms with Crippen molar-refractivity contribution in [3.8, 4) is 0 Å². The first-order valence-electron chi connectivity index (χ1n) is 9.75. The number of aliphatic hydroxyl groups excluding tert-OH is 1. The zero-order valence-electron chi connectivity index (χ0n) is 15.8. The molecular formula is C22H29NO3. The van der Waals surface area contributed by atoms with Crippen LogP contribution in [0, 0.1) is 11.3 Å². The Labute approximate surface area is 155 Å². The number of amides is 1. The second kappa shape index (κ2) is 6.50. The summed E-state index contributed by atoms with van der Waals surface area (Å²) in [6.07, 6.45) is 5.82. The van der Waals surface area contributed by atoms with Gasteiger partial charge in [0.25, 0.3) is 0 Å². The number of likely N-dealkylation sites (tertiary alicyclic amines) is 1. The van der Waals surface area contributed by atoms with Crippen LogP contribution in [0.5, 0.6) is 0 Å². The third-order valence-electron chi connectivity index (χ3n) is 6.64. The molecule has 1 aromatic rings. The minimum atomic E-state index is -0.424. The van der Waals surface area contributed by atoms with Crippen LogP contribution in [0.2, 0.25) is 0 Å². The molecule has 3 fully saturated rings. The number of rotatable bonds is 6. The number of hydrogen-bond donors (Lipinski definition) is 1. The molecule has 1 aromatic carbocycles. The third-order valence-corrected chi connectivity index (χ3v) is 6.64. The van der Waals surface area contributed by atoms with Crippen molar-refractivity contribution in [1.29, 1.82) is 0 Å². The van der Waals surface area contributed by atoms with E-state index in [0.717, 1.165) is 31.2 Å². The second-order valence-corrected chi connectivity index (χ2v) is 8.53. The van der Waals surface area contributed by atoms with Gasteiger partial charge in [0.1, 0.15) is 0 Å². The van der Waals surface area contributed by atoms with Crippen molar-refractivity contribution in [3.05, 3.63) is 47.5 Å². The molecule has 3 aliphatic heterocycles. The molecule has 1 N–H and O–H groups in total. The lowest BCUT2D eigenvalue weighted by atomic mass is 9.61. The average molecular weight is 355 g/mol. The van der Waals surface area contributed by atoms with Crippen LogP contribution in [0.15, 0.2) is 42.0 Å². The Morgan fingerprint density at radius 2 is 2.12 bits per heavy atom. The predicted molar refractivity (Wildman–Crippen MR) is 100 cm³/mol. The number of carbonyl (C=O) groups is 1. The van der Waals surface area contributed by atoms with Gasteiger partial charge >= 0.3 is 0 Å². The molecule has 3 saturated heterocycles. The zero-order valence-corrected chi connectivity index (χ0v) is 15.8. The topological polar surface area (TPSA) is 49.8 Å². The van der Waals surface area contributed by atoms with E-state index in [1.54, 1.807) is 0 Å². The van der Waals surface area contributed by atoms with E-state index in [1.807, 2.05) is 23.1 Å². The molecule has 4 rings (SSSR count). The Balaban J connectivity index is 1.60. The fourth-order valence-corrected chi connectivity index (χ4v) is 5.51. The van der Waals surface area contributed by atoms with E-state index in [4.69, 9.17) is 4.74 Å². The molecule has 26 heavy (non-hydrogen) atoms. The highest BCUT2D eigenvalue weighted by Gasteiger charge is 2.72. The molecule has 2 bridgehead atoms. The highest BCUT2D eigenvalue weighted by atomic mass is 16.5. The van der Waals surface area contributed by atoms with Gasteiger partial charge in [-0.15, -0.1) is 0 Å². The van der Waals surface area contributed by atoms with Crippen LogP contribution in [0.4, 0.5) is 0 Å². The number of fused-ring (bicyclic) bond motifs is 1. The lowest BCUT2D eigenvalue weighted by molar-refractivity contribution is -0.137. The van der Waals surface area contributed by atoms with Crippen molar-refractivity contribution in [2.24, 2.45) is 11.3 Å². The highest BCUT2D eigenvalue weighted by molar-refractivity contribution is 5.85. The lowest BCUT2D eigenvalue weighted by Gasteiger charge is -2.39. The van der Waals surface area contributed by atoms with Gasteiger partial charge in [-0.3, -0.25) is 4.79 Å². The number of allylic oxidation sites excluding steroid dienone is 2. The Bertz CT molecular complexity index is 711. The summed E-state index contributed by atoms with van der Waals surface area (Å²) in [5, 5.41) is 10.4. The first kappa shape index (κ1) is 17.7. The van der Waals surface area contributed by atoms with Crippen LogP contribution >= 0.6 is 0 Å². The SMILES string of the molecule is CC(C)=CCC[C@]1(CO)[C@@H]2CC[C@@]3(CN(Cc4ccccc4)C(=O)[C@H]31)O2. The molecule has 140 valence electrons. The predicted octanol–water partition coefficient (Wildman–Crippen LogP) is 3.30. The number of ether oxygens (including phenoxy) is 1. The smallest absolute Gasteiger partial charge is 0.229 e. The van der Waals surface area contributed by atoms with E-state index in [-0.39, 0.29) is 30.1 Å². The van der Waals surface area contributed by atoms with E-state index in [9.17, 15) is 9.90 Å². The number of hydrogen-bond acceptors (Lipinski definition) is 3. The van der Waals surface area contributed by atoms with Gasteiger partial charge in [0.15, 0.2) is 0 Å². The number of carbonyl (C=O) groups excluding carboxylic acids is 1. The zero-order chi connectivity index (χ0) is 18.4. The van der Waals surface area contributed by atoms with Gasteiger partial charge in [-0.05, 0) is 45.1 Å². The van der Waals surface area contributed by atoms with Crippen LogP contribution < -0.4 is 0 Å². The summed E-state index contributed by atoms with van der Waals surface area (Å²) in [5.74, 6) is -0.0321. The third kappa shape index (κ3) is 2.62. The summed E-state index contributed by atoms with van der Waals surface area (Å²) in [5.41, 5.74) is 1.61. The molecule has 0 unspecified atom stereocenters. The second-order valence-electron chi connectivity index (χ2n) is 8.53. The van der Waals surface area contributed by atoms with E-state index < -0.39 is 5.41 Å². The van der Waals surface area contributed by atoms with Gasteiger partial charge in [0, 0.05) is 12.0 Å². The molecule has 0 aliphatic carbocycles. The lowest BCUT2D eigenvalue weighted by Crippen LogP contribution is -2.49. The summed E-state index contributed by atoms with van der Waals surface area (Å²) in [6.45, 7) is 5.50. The Kier molecular flexibility index (Phi) is 4.44. The maximum atomic E-state index is 13.4. The molecule has 1 amide bonds. The first-order valence-corrected chi connectivity index (χ1v) is 9.75. The quantitative estimate of drug-likeness (QED) is 0.797. The number of benzene rings is 1. The van der Waals surface area contributed by atoms with Gasteiger partial charge in [0.05, 0.1) is 30.8 Å². The van der Waals surface area contributed by atoms with Gasteiger partial charge in [-0.1, -0.05) is 42.0 Å². The molecule has 0 saturated carbocycles. The molecule has 0 radical (unpaired) electrons. The fourth-order valence-electron chi connectivity index (χ4n) is 5.51. The van der Waals surface area contributed by atoms with E-state index in [0.29, 0.717) is 13.1 Å². The van der Waals surface area contributed by atoms with Crippen molar-refractivity contribution in [1.82, 2.24) is 4.90 Å². The van der Waals surface area contributed by atoms with Crippen molar-refractivity contribution in [3.63, 3.8) is 0 Å². The van der Waals surface area contributed by atoms with Crippen LogP contribution in [0.1, 0.15) is 45.1 Å². The van der Waals surface area contributed by atoms with E-state index >= 15 is 0 Å². The normalized spacial score (nSPS) is 35.0. The largest absolute Gasteiger partial charge is 0.396 e. The van der Waals surface area contributed by atoms with Crippen LogP contribution in [0.25, 0.3) is 0 Å².